The van der Waals surface area contributed by atoms with E-state index in [0.29, 0.717) is 45.4 Å². The molecule has 2 amide bonds. The van der Waals surface area contributed by atoms with Crippen molar-refractivity contribution in [1.82, 2.24) is 4.90 Å². The molecule has 2 atom stereocenters. The number of carbonyl (C=O) groups excluding carboxylic acids is 2. The van der Waals surface area contributed by atoms with Crippen LogP contribution in [0.15, 0.2) is 54.6 Å². The second-order valence-electron chi connectivity index (χ2n) is 8.24. The number of benzene rings is 3. The minimum Gasteiger partial charge on any atom is -0.493 e. The van der Waals surface area contributed by atoms with E-state index in [-0.39, 0.29) is 11.8 Å². The molecule has 0 saturated carbocycles. The highest BCUT2D eigenvalue weighted by Crippen LogP contribution is 2.47. The zero-order chi connectivity index (χ0) is 26.0. The van der Waals surface area contributed by atoms with Gasteiger partial charge in [0.05, 0.1) is 40.4 Å². The summed E-state index contributed by atoms with van der Waals surface area (Å²) in [6.45, 7) is 0. The Morgan fingerprint density at radius 3 is 2.03 bits per heavy atom. The molecule has 0 bridgehead atoms. The number of anilines is 1. The van der Waals surface area contributed by atoms with Crippen LogP contribution in [0.2, 0.25) is 0 Å². The third kappa shape index (κ3) is 4.39. The first-order valence-electron chi connectivity index (χ1n) is 11.1. The van der Waals surface area contributed by atoms with Gasteiger partial charge in [-0.2, -0.15) is 0 Å². The summed E-state index contributed by atoms with van der Waals surface area (Å²) in [5, 5.41) is 2.86. The van der Waals surface area contributed by atoms with Crippen molar-refractivity contribution in [1.29, 1.82) is 0 Å². The second kappa shape index (κ2) is 10.2. The predicted octanol–water partition coefficient (Wildman–Crippen LogP) is 4.41. The SMILES string of the molecule is COc1ccc([C@@H]2[C@H](C(=O)Nc3ccc(F)cc3)c3cc(OC)c(OC)cc3C(=O)N2C)cc1OC. The summed E-state index contributed by atoms with van der Waals surface area (Å²) in [7, 11) is 7.65. The van der Waals surface area contributed by atoms with Gasteiger partial charge in [-0.3, -0.25) is 9.59 Å². The smallest absolute Gasteiger partial charge is 0.254 e. The van der Waals surface area contributed by atoms with E-state index in [2.05, 4.69) is 5.32 Å². The van der Waals surface area contributed by atoms with Gasteiger partial charge < -0.3 is 29.2 Å². The lowest BCUT2D eigenvalue weighted by molar-refractivity contribution is -0.119. The minimum atomic E-state index is -0.842. The Morgan fingerprint density at radius 2 is 1.42 bits per heavy atom. The van der Waals surface area contributed by atoms with E-state index in [9.17, 15) is 14.0 Å². The number of amides is 2. The van der Waals surface area contributed by atoms with Gasteiger partial charge in [-0.25, -0.2) is 4.39 Å². The minimum absolute atomic E-state index is 0.281. The van der Waals surface area contributed by atoms with Crippen LogP contribution >= 0.6 is 0 Å². The molecule has 1 aliphatic heterocycles. The number of nitrogens with zero attached hydrogens (tertiary/aromatic N) is 1. The quantitative estimate of drug-likeness (QED) is 0.524. The maximum atomic E-state index is 13.8. The molecule has 3 aromatic rings. The highest BCUT2D eigenvalue weighted by molar-refractivity contribution is 6.05. The summed E-state index contributed by atoms with van der Waals surface area (Å²) in [6, 6.07) is 13.3. The van der Waals surface area contributed by atoms with Crippen LogP contribution < -0.4 is 24.3 Å². The lowest BCUT2D eigenvalue weighted by atomic mass is 9.79. The Balaban J connectivity index is 1.89. The Kier molecular flexibility index (Phi) is 7.00. The number of likely N-dealkylation sites (N-methyl/N-ethyl adjacent to an activating group) is 1. The van der Waals surface area contributed by atoms with Crippen molar-refractivity contribution >= 4 is 17.5 Å². The van der Waals surface area contributed by atoms with Gasteiger partial charge >= 0.3 is 0 Å². The molecule has 1 heterocycles. The zero-order valence-corrected chi connectivity index (χ0v) is 20.6. The molecule has 4 rings (SSSR count). The first-order valence-corrected chi connectivity index (χ1v) is 11.1. The number of halogens is 1. The van der Waals surface area contributed by atoms with Crippen LogP contribution in [0.25, 0.3) is 0 Å². The molecule has 188 valence electrons. The monoisotopic (exact) mass is 494 g/mol. The maximum absolute atomic E-state index is 13.8. The van der Waals surface area contributed by atoms with Gasteiger partial charge in [-0.05, 0) is 59.7 Å². The topological polar surface area (TPSA) is 86.3 Å². The predicted molar refractivity (Wildman–Crippen MR) is 132 cm³/mol. The molecular weight excluding hydrogens is 467 g/mol. The number of nitrogens with one attached hydrogen (secondary N) is 1. The maximum Gasteiger partial charge on any atom is 0.254 e. The number of fused-ring (bicyclic) bond motifs is 1. The Bertz CT molecular complexity index is 1290. The number of methoxy groups -OCH3 is 4. The molecule has 9 heteroatoms. The molecule has 0 aliphatic carbocycles. The van der Waals surface area contributed by atoms with Crippen LogP contribution in [0.1, 0.15) is 33.4 Å². The normalized spacial score (nSPS) is 16.7. The molecule has 36 heavy (non-hydrogen) atoms. The van der Waals surface area contributed by atoms with Gasteiger partial charge in [0, 0.05) is 18.3 Å². The van der Waals surface area contributed by atoms with Gasteiger partial charge in [0.2, 0.25) is 5.91 Å². The van der Waals surface area contributed by atoms with Crippen molar-refractivity contribution in [2.45, 2.75) is 12.0 Å². The van der Waals surface area contributed by atoms with E-state index < -0.39 is 17.8 Å². The zero-order valence-electron chi connectivity index (χ0n) is 20.6. The Morgan fingerprint density at radius 1 is 0.833 bits per heavy atom. The fourth-order valence-corrected chi connectivity index (χ4v) is 4.54. The Hall–Kier alpha value is -4.27. The highest BCUT2D eigenvalue weighted by Gasteiger charge is 2.44. The van der Waals surface area contributed by atoms with E-state index in [1.54, 1.807) is 37.4 Å². The second-order valence-corrected chi connectivity index (χ2v) is 8.24. The number of ether oxygens (including phenoxy) is 4. The average Bonchev–Trinajstić information content (AvgIpc) is 2.90. The van der Waals surface area contributed by atoms with Gasteiger partial charge in [-0.1, -0.05) is 6.07 Å². The third-order valence-corrected chi connectivity index (χ3v) is 6.32. The third-order valence-electron chi connectivity index (χ3n) is 6.32. The molecule has 0 fully saturated rings. The molecule has 0 aromatic heterocycles. The first-order chi connectivity index (χ1) is 17.3. The molecule has 8 nitrogen and oxygen atoms in total. The lowest BCUT2D eigenvalue weighted by Gasteiger charge is -2.40. The lowest BCUT2D eigenvalue weighted by Crippen LogP contribution is -2.44. The van der Waals surface area contributed by atoms with Gasteiger partial charge in [0.15, 0.2) is 23.0 Å². The van der Waals surface area contributed by atoms with Crippen LogP contribution in [0.5, 0.6) is 23.0 Å². The van der Waals surface area contributed by atoms with Crippen molar-refractivity contribution in [3.05, 3.63) is 77.1 Å². The molecule has 1 N–H and O–H groups in total. The largest absolute Gasteiger partial charge is 0.493 e. The molecular formula is C27H27FN2O6. The summed E-state index contributed by atoms with van der Waals surface area (Å²) < 4.78 is 35.1. The van der Waals surface area contributed by atoms with Gasteiger partial charge in [-0.15, -0.1) is 0 Å². The van der Waals surface area contributed by atoms with Crippen molar-refractivity contribution < 1.29 is 32.9 Å². The van der Waals surface area contributed by atoms with Crippen LogP contribution in [-0.2, 0) is 4.79 Å². The number of hydrogen-bond donors (Lipinski definition) is 1. The van der Waals surface area contributed by atoms with Crippen LogP contribution in [0.3, 0.4) is 0 Å². The van der Waals surface area contributed by atoms with Crippen molar-refractivity contribution in [3.63, 3.8) is 0 Å². The van der Waals surface area contributed by atoms with Crippen LogP contribution in [0.4, 0.5) is 10.1 Å². The van der Waals surface area contributed by atoms with Crippen molar-refractivity contribution in [2.75, 3.05) is 40.8 Å². The molecule has 3 aromatic carbocycles. The molecule has 1 aliphatic rings. The summed E-state index contributed by atoms with van der Waals surface area (Å²) in [5.41, 5.74) is 1.90. The molecule has 0 spiro atoms. The fourth-order valence-electron chi connectivity index (χ4n) is 4.54. The van der Waals surface area contributed by atoms with Crippen LogP contribution in [-0.4, -0.2) is 52.2 Å². The van der Waals surface area contributed by atoms with E-state index in [0.717, 1.165) is 0 Å². The molecule has 0 radical (unpaired) electrons. The van der Waals surface area contributed by atoms with E-state index >= 15 is 0 Å². The first kappa shape index (κ1) is 24.8. The Labute approximate surface area is 208 Å². The summed E-state index contributed by atoms with van der Waals surface area (Å²) in [6.07, 6.45) is 0. The average molecular weight is 495 g/mol. The summed E-state index contributed by atoms with van der Waals surface area (Å²) in [4.78, 5) is 28.8. The van der Waals surface area contributed by atoms with Crippen molar-refractivity contribution in [3.8, 4) is 23.0 Å². The molecule has 0 unspecified atom stereocenters. The van der Waals surface area contributed by atoms with E-state index in [4.69, 9.17) is 18.9 Å². The number of hydrogen-bond acceptors (Lipinski definition) is 6. The highest BCUT2D eigenvalue weighted by atomic mass is 19.1. The van der Waals surface area contributed by atoms with E-state index in [1.165, 1.54) is 57.6 Å². The fraction of sp³-hybridized carbons (Fsp3) is 0.259. The van der Waals surface area contributed by atoms with Gasteiger partial charge in [0.1, 0.15) is 5.82 Å². The van der Waals surface area contributed by atoms with Crippen molar-refractivity contribution in [2.24, 2.45) is 0 Å². The van der Waals surface area contributed by atoms with E-state index in [1.807, 2.05) is 0 Å². The summed E-state index contributed by atoms with van der Waals surface area (Å²) in [5.74, 6) is -0.172. The van der Waals surface area contributed by atoms with Crippen LogP contribution in [0, 0.1) is 5.82 Å². The number of carbonyl (C=O) groups is 2. The standard InChI is InChI=1S/C27H27FN2O6/c1-30-25(15-6-11-20(33-2)21(12-15)34-3)24(26(31)29-17-9-7-16(28)8-10-17)18-13-22(35-4)23(36-5)14-19(18)27(30)32/h6-14,24-25H,1-5H3,(H,29,31)/t24-,25-/m1/s1. The summed E-state index contributed by atoms with van der Waals surface area (Å²) >= 11 is 0. The van der Waals surface area contributed by atoms with Gasteiger partial charge in [0.25, 0.3) is 5.91 Å². The molecule has 0 saturated heterocycles. The number of rotatable bonds is 7.